The number of rotatable bonds is 9. The highest BCUT2D eigenvalue weighted by Gasteiger charge is 2.17. The number of esters is 1. The molecule has 0 amide bonds. The molecule has 0 bridgehead atoms. The summed E-state index contributed by atoms with van der Waals surface area (Å²) >= 11 is 0. The van der Waals surface area contributed by atoms with Gasteiger partial charge in [-0.3, -0.25) is 4.79 Å². The molecular formula is C33H32O5. The number of hydrogen-bond acceptors (Lipinski definition) is 5. The second kappa shape index (κ2) is 11.8. The van der Waals surface area contributed by atoms with Crippen LogP contribution in [0.15, 0.2) is 84.9 Å². The van der Waals surface area contributed by atoms with Crippen LogP contribution in [-0.4, -0.2) is 18.9 Å². The Labute approximate surface area is 224 Å². The van der Waals surface area contributed by atoms with Gasteiger partial charge in [-0.05, 0) is 110 Å². The van der Waals surface area contributed by atoms with E-state index >= 15 is 0 Å². The van der Waals surface area contributed by atoms with Crippen LogP contribution < -0.4 is 14.2 Å². The molecule has 38 heavy (non-hydrogen) atoms. The third-order valence-electron chi connectivity index (χ3n) is 6.62. The number of methoxy groups -OCH3 is 1. The second-order valence-corrected chi connectivity index (χ2v) is 9.31. The molecule has 0 aromatic heterocycles. The quantitative estimate of drug-likeness (QED) is 0.130. The molecule has 0 aliphatic rings. The van der Waals surface area contributed by atoms with Crippen LogP contribution in [0.4, 0.5) is 0 Å². The van der Waals surface area contributed by atoms with Crippen LogP contribution in [0, 0.1) is 13.8 Å². The van der Waals surface area contributed by atoms with Crippen LogP contribution >= 0.6 is 0 Å². The Morgan fingerprint density at radius 2 is 1.21 bits per heavy atom. The first-order valence-corrected chi connectivity index (χ1v) is 12.6. The van der Waals surface area contributed by atoms with Crippen molar-refractivity contribution in [1.29, 1.82) is 0 Å². The van der Waals surface area contributed by atoms with Crippen molar-refractivity contribution in [1.82, 2.24) is 0 Å². The van der Waals surface area contributed by atoms with Gasteiger partial charge in [0.05, 0.1) is 12.7 Å². The Bertz CT molecular complexity index is 1440. The van der Waals surface area contributed by atoms with Gasteiger partial charge in [-0.2, -0.15) is 0 Å². The fourth-order valence-corrected chi connectivity index (χ4v) is 4.50. The summed E-state index contributed by atoms with van der Waals surface area (Å²) in [4.78, 5) is 24.3. The summed E-state index contributed by atoms with van der Waals surface area (Å²) in [5.74, 6) is 2.40. The molecule has 0 heterocycles. The number of carbonyl (C=O) groups excluding carboxylic acids is 2. The number of carbonyl (C=O) groups is 2. The van der Waals surface area contributed by atoms with Crippen molar-refractivity contribution in [3.63, 3.8) is 0 Å². The largest absolute Gasteiger partial charge is 0.496 e. The predicted octanol–water partition coefficient (Wildman–Crippen LogP) is 8.07. The minimum Gasteiger partial charge on any atom is -0.496 e. The van der Waals surface area contributed by atoms with E-state index in [9.17, 15) is 9.59 Å². The zero-order valence-corrected chi connectivity index (χ0v) is 22.4. The molecule has 0 saturated carbocycles. The minimum atomic E-state index is -0.434. The van der Waals surface area contributed by atoms with E-state index in [1.807, 2.05) is 32.0 Å². The summed E-state index contributed by atoms with van der Waals surface area (Å²) in [6.45, 7) is 7.69. The smallest absolute Gasteiger partial charge is 0.343 e. The van der Waals surface area contributed by atoms with Crippen LogP contribution in [0.25, 0.3) is 0 Å². The first-order valence-electron chi connectivity index (χ1n) is 12.6. The SMILES string of the molecule is CCC(c1ccc(OC)c(C)c1)c1ccc(OC(=O)c2ccc(Oc3ccc(C(C)=O)cc3)cc2)c(C)c1. The van der Waals surface area contributed by atoms with Crippen molar-refractivity contribution in [3.8, 4) is 23.0 Å². The molecule has 1 unspecified atom stereocenters. The monoisotopic (exact) mass is 508 g/mol. The summed E-state index contributed by atoms with van der Waals surface area (Å²) in [6, 6.07) is 26.0. The molecule has 0 N–H and O–H groups in total. The van der Waals surface area contributed by atoms with Gasteiger partial charge < -0.3 is 14.2 Å². The lowest BCUT2D eigenvalue weighted by molar-refractivity contribution is 0.0733. The lowest BCUT2D eigenvalue weighted by Crippen LogP contribution is -2.10. The van der Waals surface area contributed by atoms with Gasteiger partial charge in [0.15, 0.2) is 5.78 Å². The predicted molar refractivity (Wildman–Crippen MR) is 149 cm³/mol. The van der Waals surface area contributed by atoms with Crippen molar-refractivity contribution in [2.45, 2.75) is 40.0 Å². The van der Waals surface area contributed by atoms with Gasteiger partial charge in [0.2, 0.25) is 0 Å². The topological polar surface area (TPSA) is 61.8 Å². The van der Waals surface area contributed by atoms with Crippen molar-refractivity contribution < 1.29 is 23.8 Å². The molecule has 4 aromatic rings. The number of hydrogen-bond donors (Lipinski definition) is 0. The normalized spacial score (nSPS) is 11.5. The zero-order valence-electron chi connectivity index (χ0n) is 22.4. The van der Waals surface area contributed by atoms with E-state index in [0.717, 1.165) is 23.3 Å². The van der Waals surface area contributed by atoms with Crippen molar-refractivity contribution >= 4 is 11.8 Å². The number of ether oxygens (including phenoxy) is 3. The molecule has 0 aliphatic carbocycles. The highest BCUT2D eigenvalue weighted by Crippen LogP contribution is 2.33. The fourth-order valence-electron chi connectivity index (χ4n) is 4.50. The molecule has 1 atom stereocenters. The van der Waals surface area contributed by atoms with Crippen LogP contribution in [0.3, 0.4) is 0 Å². The second-order valence-electron chi connectivity index (χ2n) is 9.31. The lowest BCUT2D eigenvalue weighted by Gasteiger charge is -2.19. The van der Waals surface area contributed by atoms with Crippen molar-refractivity contribution in [2.24, 2.45) is 0 Å². The van der Waals surface area contributed by atoms with Crippen LogP contribution in [0.5, 0.6) is 23.0 Å². The summed E-state index contributed by atoms with van der Waals surface area (Å²) in [5, 5.41) is 0. The molecule has 0 spiro atoms. The van der Waals surface area contributed by atoms with Gasteiger partial charge in [-0.1, -0.05) is 31.2 Å². The molecule has 0 aliphatic heterocycles. The zero-order chi connectivity index (χ0) is 27.2. The average molecular weight is 509 g/mol. The maximum absolute atomic E-state index is 12.8. The number of Topliss-reactive ketones (excluding diaryl/α,β-unsaturated/α-hetero) is 1. The average Bonchev–Trinajstić information content (AvgIpc) is 2.91. The van der Waals surface area contributed by atoms with Crippen LogP contribution in [0.1, 0.15) is 69.2 Å². The molecule has 0 saturated heterocycles. The Morgan fingerprint density at radius 1 is 0.711 bits per heavy atom. The first-order chi connectivity index (χ1) is 18.3. The fraction of sp³-hybridized carbons (Fsp3) is 0.212. The van der Waals surface area contributed by atoms with E-state index < -0.39 is 5.97 Å². The maximum Gasteiger partial charge on any atom is 0.343 e. The van der Waals surface area contributed by atoms with Crippen molar-refractivity contribution in [3.05, 3.63) is 118 Å². The third-order valence-corrected chi connectivity index (χ3v) is 6.62. The Balaban J connectivity index is 1.43. The molecule has 194 valence electrons. The molecule has 0 radical (unpaired) electrons. The number of benzene rings is 4. The molecule has 0 fully saturated rings. The van der Waals surface area contributed by atoms with Crippen LogP contribution in [-0.2, 0) is 0 Å². The van der Waals surface area contributed by atoms with E-state index in [4.69, 9.17) is 14.2 Å². The van der Waals surface area contributed by atoms with Gasteiger partial charge in [0.1, 0.15) is 23.0 Å². The molecular weight excluding hydrogens is 476 g/mol. The lowest BCUT2D eigenvalue weighted by atomic mass is 9.87. The maximum atomic E-state index is 12.8. The summed E-state index contributed by atoms with van der Waals surface area (Å²) in [6.07, 6.45) is 0.944. The summed E-state index contributed by atoms with van der Waals surface area (Å²) < 4.78 is 16.9. The van der Waals surface area contributed by atoms with Gasteiger partial charge in [-0.25, -0.2) is 4.79 Å². The van der Waals surface area contributed by atoms with E-state index in [0.29, 0.717) is 28.4 Å². The van der Waals surface area contributed by atoms with E-state index in [1.54, 1.807) is 55.6 Å². The Hall–Kier alpha value is -4.38. The van der Waals surface area contributed by atoms with E-state index in [-0.39, 0.29) is 11.7 Å². The third kappa shape index (κ3) is 6.12. The van der Waals surface area contributed by atoms with Gasteiger partial charge in [0.25, 0.3) is 0 Å². The first kappa shape index (κ1) is 26.7. The molecule has 5 heteroatoms. The van der Waals surface area contributed by atoms with Crippen LogP contribution in [0.2, 0.25) is 0 Å². The summed E-state index contributed by atoms with van der Waals surface area (Å²) in [7, 11) is 1.68. The molecule has 5 nitrogen and oxygen atoms in total. The Morgan fingerprint density at radius 3 is 1.66 bits per heavy atom. The highest BCUT2D eigenvalue weighted by atomic mass is 16.5. The minimum absolute atomic E-state index is 0.00166. The standard InChI is InChI=1S/C33H32O5/c1-6-30(26-11-17-31(36-5)21(2)19-26)27-12-18-32(22(3)20-27)38-33(35)25-9-15-29(16-10-25)37-28-13-7-24(8-14-28)23(4)34/h7-20,30H,6H2,1-5H3. The van der Waals surface area contributed by atoms with E-state index in [2.05, 4.69) is 25.1 Å². The molecule has 4 aromatic carbocycles. The van der Waals surface area contributed by atoms with Gasteiger partial charge in [0, 0.05) is 11.5 Å². The number of aryl methyl sites for hydroxylation is 2. The molecule has 4 rings (SSSR count). The van der Waals surface area contributed by atoms with Gasteiger partial charge in [-0.15, -0.1) is 0 Å². The van der Waals surface area contributed by atoms with Gasteiger partial charge >= 0.3 is 5.97 Å². The highest BCUT2D eigenvalue weighted by molar-refractivity contribution is 5.94. The summed E-state index contributed by atoms with van der Waals surface area (Å²) in [5.41, 5.74) is 5.45. The number of ketones is 1. The Kier molecular flexibility index (Phi) is 8.27. The van der Waals surface area contributed by atoms with Crippen molar-refractivity contribution in [2.75, 3.05) is 7.11 Å². The van der Waals surface area contributed by atoms with E-state index in [1.165, 1.54) is 18.1 Å².